The third-order valence-corrected chi connectivity index (χ3v) is 5.80. The summed E-state index contributed by atoms with van der Waals surface area (Å²) in [5, 5.41) is 7.83. The van der Waals surface area contributed by atoms with Crippen LogP contribution in [0.4, 0.5) is 0 Å². The van der Waals surface area contributed by atoms with E-state index < -0.39 is 0 Å². The summed E-state index contributed by atoms with van der Waals surface area (Å²) in [6.45, 7) is 4.20. The molecule has 5 rings (SSSR count). The molecule has 0 aromatic heterocycles. The molecule has 2 fully saturated rings. The van der Waals surface area contributed by atoms with Gasteiger partial charge in [0.15, 0.2) is 0 Å². The third-order valence-electron chi connectivity index (χ3n) is 5.80. The van der Waals surface area contributed by atoms with Crippen molar-refractivity contribution in [1.82, 2.24) is 24.6 Å². The summed E-state index contributed by atoms with van der Waals surface area (Å²) >= 11 is 0. The number of benzene rings is 1. The summed E-state index contributed by atoms with van der Waals surface area (Å²) < 4.78 is 9.07. The fraction of sp³-hybridized carbons (Fsp3) is 0.409. The molecule has 0 radical (unpaired) electrons. The maximum Gasteiger partial charge on any atom is 0.282 e. The van der Waals surface area contributed by atoms with E-state index in [2.05, 4.69) is 10.4 Å². The lowest BCUT2D eigenvalue weighted by Crippen LogP contribution is -2.46. The zero-order valence-electron chi connectivity index (χ0n) is 16.8. The minimum Gasteiger partial charge on any atom is -0.376 e. The number of hydrogen-bond acceptors (Lipinski definition) is 5. The molecule has 0 spiro atoms. The Morgan fingerprint density at radius 1 is 1.17 bits per heavy atom. The Morgan fingerprint density at radius 3 is 2.70 bits per heavy atom. The van der Waals surface area contributed by atoms with E-state index in [0.717, 1.165) is 32.5 Å². The number of amides is 1. The smallest absolute Gasteiger partial charge is 0.282 e. The van der Waals surface area contributed by atoms with Crippen LogP contribution in [0.25, 0.3) is 16.9 Å². The minimum atomic E-state index is -0.216. The normalized spacial score (nSPS) is 19.5. The van der Waals surface area contributed by atoms with Crippen LogP contribution in [0.15, 0.2) is 47.5 Å². The van der Waals surface area contributed by atoms with E-state index in [4.69, 9.17) is 4.74 Å². The van der Waals surface area contributed by atoms with Gasteiger partial charge in [0.1, 0.15) is 5.69 Å². The molecule has 8 heteroatoms. The fourth-order valence-corrected chi connectivity index (χ4v) is 4.23. The van der Waals surface area contributed by atoms with Gasteiger partial charge >= 0.3 is 0 Å². The quantitative estimate of drug-likeness (QED) is 0.706. The summed E-state index contributed by atoms with van der Waals surface area (Å²) in [7, 11) is 0. The molecular formula is C22H25N5O3. The first kappa shape index (κ1) is 19.0. The first-order valence-corrected chi connectivity index (χ1v) is 10.5. The molecule has 8 nitrogen and oxygen atoms in total. The number of carbonyl (C=O) groups excluding carboxylic acids is 1. The largest absolute Gasteiger partial charge is 0.376 e. The number of rotatable bonds is 4. The predicted molar refractivity (Wildman–Crippen MR) is 112 cm³/mol. The number of aromatic nitrogens is 3. The molecule has 0 bridgehead atoms. The van der Waals surface area contributed by atoms with Crippen LogP contribution in [-0.2, 0) is 11.3 Å². The van der Waals surface area contributed by atoms with Gasteiger partial charge in [-0.15, -0.1) is 0 Å². The standard InChI is InChI=1S/C22H25N5O3/c28-21(26-10-8-23-9-11-26)18-14-25(13-17-7-4-12-30-17)15-19-20(18)24-27(22(19)29)16-5-2-1-3-6-16/h1-3,5-6,14-15,17,23H,4,7-13H2. The number of para-hydroxylation sites is 1. The topological polar surface area (TPSA) is 81.4 Å². The maximum atomic E-state index is 13.4. The average Bonchev–Trinajstić information content (AvgIpc) is 3.42. The predicted octanol–water partition coefficient (Wildman–Crippen LogP) is 1.36. The molecule has 1 N–H and O–H groups in total. The number of ether oxygens (including phenoxy) is 1. The Bertz CT molecular complexity index is 1060. The van der Waals surface area contributed by atoms with Crippen LogP contribution in [0.2, 0.25) is 0 Å². The zero-order valence-corrected chi connectivity index (χ0v) is 16.8. The Balaban J connectivity index is 1.61. The molecule has 1 unspecified atom stereocenters. The van der Waals surface area contributed by atoms with Crippen LogP contribution >= 0.6 is 0 Å². The van der Waals surface area contributed by atoms with Crippen LogP contribution in [0.3, 0.4) is 0 Å². The fourth-order valence-electron chi connectivity index (χ4n) is 4.23. The van der Waals surface area contributed by atoms with Crippen molar-refractivity contribution in [3.8, 4) is 16.9 Å². The minimum absolute atomic E-state index is 0.0825. The molecular weight excluding hydrogens is 382 g/mol. The average molecular weight is 407 g/mol. The molecule has 4 aliphatic rings. The monoisotopic (exact) mass is 407 g/mol. The first-order valence-electron chi connectivity index (χ1n) is 10.5. The summed E-state index contributed by atoms with van der Waals surface area (Å²) in [5.74, 6) is -0.0825. The second-order valence-electron chi connectivity index (χ2n) is 7.86. The van der Waals surface area contributed by atoms with Gasteiger partial charge in [0.05, 0.1) is 22.9 Å². The molecule has 1 amide bonds. The second kappa shape index (κ2) is 8.04. The van der Waals surface area contributed by atoms with Crippen molar-refractivity contribution < 1.29 is 9.53 Å². The lowest BCUT2D eigenvalue weighted by atomic mass is 10.1. The van der Waals surface area contributed by atoms with E-state index in [1.807, 2.05) is 46.0 Å². The molecule has 0 aliphatic carbocycles. The number of pyridine rings is 1. The van der Waals surface area contributed by atoms with Gasteiger partial charge in [-0.1, -0.05) is 18.2 Å². The highest BCUT2D eigenvalue weighted by molar-refractivity contribution is 6.00. The lowest BCUT2D eigenvalue weighted by Gasteiger charge is -2.28. The summed E-state index contributed by atoms with van der Waals surface area (Å²) in [6.07, 6.45) is 5.77. The molecule has 1 atom stereocenters. The van der Waals surface area contributed by atoms with Gasteiger partial charge in [0.25, 0.3) is 11.5 Å². The van der Waals surface area contributed by atoms with Gasteiger partial charge in [-0.2, -0.15) is 9.78 Å². The molecule has 30 heavy (non-hydrogen) atoms. The van der Waals surface area contributed by atoms with Crippen molar-refractivity contribution >= 4 is 5.91 Å². The number of piperazine rings is 1. The molecule has 156 valence electrons. The van der Waals surface area contributed by atoms with Crippen LogP contribution in [0.1, 0.15) is 23.2 Å². The van der Waals surface area contributed by atoms with Gasteiger partial charge in [0, 0.05) is 51.7 Å². The lowest BCUT2D eigenvalue weighted by molar-refractivity contribution is 0.0733. The van der Waals surface area contributed by atoms with Crippen molar-refractivity contribution in [2.75, 3.05) is 32.8 Å². The van der Waals surface area contributed by atoms with E-state index in [1.54, 1.807) is 6.20 Å². The first-order chi connectivity index (χ1) is 14.7. The third kappa shape index (κ3) is 3.53. The van der Waals surface area contributed by atoms with E-state index in [-0.39, 0.29) is 17.6 Å². The SMILES string of the molecule is O=C(c1cn(CC2CCCO2)cc2c(=O)n(-c3ccccc3)nc1-2)N1CCNCC1. The van der Waals surface area contributed by atoms with Crippen molar-refractivity contribution in [2.45, 2.75) is 25.5 Å². The molecule has 4 aliphatic heterocycles. The Hall–Kier alpha value is -2.97. The van der Waals surface area contributed by atoms with Crippen LogP contribution in [-0.4, -0.2) is 64.0 Å². The van der Waals surface area contributed by atoms with Crippen LogP contribution in [0.5, 0.6) is 0 Å². The van der Waals surface area contributed by atoms with Crippen molar-refractivity contribution in [3.63, 3.8) is 0 Å². The highest BCUT2D eigenvalue weighted by Gasteiger charge is 2.28. The van der Waals surface area contributed by atoms with Crippen molar-refractivity contribution in [2.24, 2.45) is 0 Å². The maximum absolute atomic E-state index is 13.4. The highest BCUT2D eigenvalue weighted by atomic mass is 16.5. The highest BCUT2D eigenvalue weighted by Crippen LogP contribution is 2.25. The van der Waals surface area contributed by atoms with Crippen LogP contribution in [0, 0.1) is 0 Å². The number of carbonyl (C=O) groups is 1. The molecule has 1 aromatic carbocycles. The van der Waals surface area contributed by atoms with Gasteiger partial charge < -0.3 is 19.5 Å². The van der Waals surface area contributed by atoms with Crippen LogP contribution < -0.4 is 10.9 Å². The second-order valence-corrected chi connectivity index (χ2v) is 7.86. The Kier molecular flexibility index (Phi) is 5.10. The van der Waals surface area contributed by atoms with Crippen molar-refractivity contribution in [1.29, 1.82) is 0 Å². The zero-order chi connectivity index (χ0) is 20.5. The number of nitrogens with zero attached hydrogens (tertiary/aromatic N) is 4. The van der Waals surface area contributed by atoms with Gasteiger partial charge in [0.2, 0.25) is 0 Å². The van der Waals surface area contributed by atoms with E-state index in [9.17, 15) is 9.59 Å². The van der Waals surface area contributed by atoms with E-state index in [1.165, 1.54) is 4.68 Å². The molecule has 0 saturated carbocycles. The Labute approximate surface area is 174 Å². The molecule has 2 saturated heterocycles. The number of hydrogen-bond donors (Lipinski definition) is 1. The summed E-state index contributed by atoms with van der Waals surface area (Å²) in [6, 6.07) is 9.31. The molecule has 4 heterocycles. The summed E-state index contributed by atoms with van der Waals surface area (Å²) in [5.41, 5.74) is 1.85. The van der Waals surface area contributed by atoms with Gasteiger partial charge in [-0.05, 0) is 25.0 Å². The van der Waals surface area contributed by atoms with Crippen molar-refractivity contribution in [3.05, 3.63) is 58.6 Å². The van der Waals surface area contributed by atoms with Gasteiger partial charge in [-0.3, -0.25) is 9.59 Å². The number of nitrogens with one attached hydrogen (secondary N) is 1. The van der Waals surface area contributed by atoms with Gasteiger partial charge in [-0.25, -0.2) is 0 Å². The number of fused-ring (bicyclic) bond motifs is 1. The summed E-state index contributed by atoms with van der Waals surface area (Å²) in [4.78, 5) is 28.4. The molecule has 1 aromatic rings. The Morgan fingerprint density at radius 2 is 1.97 bits per heavy atom. The van der Waals surface area contributed by atoms with E-state index >= 15 is 0 Å². The van der Waals surface area contributed by atoms with E-state index in [0.29, 0.717) is 42.1 Å².